The molecule has 0 spiro atoms. The number of hydrogen-bond acceptors (Lipinski definition) is 3. The largest absolute Gasteiger partial charge is 0.497 e. The van der Waals surface area contributed by atoms with E-state index in [0.29, 0.717) is 18.1 Å². The lowest BCUT2D eigenvalue weighted by molar-refractivity contribution is 0.306. The summed E-state index contributed by atoms with van der Waals surface area (Å²) in [4.78, 5) is 0. The molecule has 1 aliphatic carbocycles. The SMILES string of the molecule is COc1ccc([C@H](C)N[C@@H]2CCCC[C@H]2N)cc1. The van der Waals surface area contributed by atoms with Crippen molar-refractivity contribution in [2.24, 2.45) is 5.73 Å². The number of rotatable bonds is 4. The molecule has 0 aliphatic heterocycles. The van der Waals surface area contributed by atoms with Crippen molar-refractivity contribution in [1.29, 1.82) is 0 Å². The van der Waals surface area contributed by atoms with E-state index in [2.05, 4.69) is 24.4 Å². The van der Waals surface area contributed by atoms with E-state index >= 15 is 0 Å². The highest BCUT2D eigenvalue weighted by Crippen LogP contribution is 2.22. The Balaban J connectivity index is 1.95. The van der Waals surface area contributed by atoms with Gasteiger partial charge >= 0.3 is 0 Å². The first-order valence-corrected chi connectivity index (χ1v) is 6.86. The molecule has 3 heteroatoms. The van der Waals surface area contributed by atoms with Gasteiger partial charge in [-0.05, 0) is 37.5 Å². The summed E-state index contributed by atoms with van der Waals surface area (Å²) in [5.74, 6) is 0.903. The van der Waals surface area contributed by atoms with E-state index in [1.807, 2.05) is 12.1 Å². The van der Waals surface area contributed by atoms with Crippen molar-refractivity contribution in [3.8, 4) is 5.75 Å². The summed E-state index contributed by atoms with van der Waals surface area (Å²) in [5, 5.41) is 3.66. The van der Waals surface area contributed by atoms with Crippen molar-refractivity contribution in [1.82, 2.24) is 5.32 Å². The van der Waals surface area contributed by atoms with E-state index in [4.69, 9.17) is 10.5 Å². The molecule has 0 amide bonds. The predicted octanol–water partition coefficient (Wildman–Crippen LogP) is 2.62. The maximum Gasteiger partial charge on any atom is 0.118 e. The second-order valence-corrected chi connectivity index (χ2v) is 5.22. The van der Waals surface area contributed by atoms with Crippen molar-refractivity contribution < 1.29 is 4.74 Å². The molecular formula is C15H24N2O. The Hall–Kier alpha value is -1.06. The van der Waals surface area contributed by atoms with Crippen molar-refractivity contribution in [3.05, 3.63) is 29.8 Å². The van der Waals surface area contributed by atoms with Gasteiger partial charge < -0.3 is 15.8 Å². The molecule has 18 heavy (non-hydrogen) atoms. The van der Waals surface area contributed by atoms with Crippen LogP contribution in [0.4, 0.5) is 0 Å². The highest BCUT2D eigenvalue weighted by atomic mass is 16.5. The lowest BCUT2D eigenvalue weighted by Crippen LogP contribution is -2.47. The Kier molecular flexibility index (Phi) is 4.61. The van der Waals surface area contributed by atoms with Gasteiger partial charge in [0.25, 0.3) is 0 Å². The average molecular weight is 248 g/mol. The van der Waals surface area contributed by atoms with Gasteiger partial charge in [0.1, 0.15) is 5.75 Å². The lowest BCUT2D eigenvalue weighted by atomic mass is 9.90. The van der Waals surface area contributed by atoms with Crippen LogP contribution < -0.4 is 15.8 Å². The van der Waals surface area contributed by atoms with Gasteiger partial charge in [-0.15, -0.1) is 0 Å². The number of benzene rings is 1. The number of methoxy groups -OCH3 is 1. The van der Waals surface area contributed by atoms with Crippen LogP contribution in [0.2, 0.25) is 0 Å². The topological polar surface area (TPSA) is 47.3 Å². The molecule has 1 saturated carbocycles. The summed E-state index contributed by atoms with van der Waals surface area (Å²) in [7, 11) is 1.69. The number of nitrogens with two attached hydrogens (primary N) is 1. The molecule has 3 N–H and O–H groups in total. The Morgan fingerprint density at radius 1 is 1.22 bits per heavy atom. The van der Waals surface area contributed by atoms with Crippen molar-refractivity contribution in [2.45, 2.75) is 50.7 Å². The molecule has 0 unspecified atom stereocenters. The van der Waals surface area contributed by atoms with E-state index in [9.17, 15) is 0 Å². The van der Waals surface area contributed by atoms with Gasteiger partial charge in [-0.2, -0.15) is 0 Å². The summed E-state index contributed by atoms with van der Waals surface area (Å²) >= 11 is 0. The van der Waals surface area contributed by atoms with Crippen LogP contribution in [0.5, 0.6) is 5.75 Å². The minimum absolute atomic E-state index is 0.305. The standard InChI is InChI=1S/C15H24N2O/c1-11(12-7-9-13(18-2)10-8-12)17-15-6-4-3-5-14(15)16/h7-11,14-15,17H,3-6,16H2,1-2H3/t11-,14+,15+/m0/s1. The molecule has 1 fully saturated rings. The Labute approximate surface area is 110 Å². The maximum atomic E-state index is 6.17. The van der Waals surface area contributed by atoms with Crippen molar-refractivity contribution in [2.75, 3.05) is 7.11 Å². The van der Waals surface area contributed by atoms with Gasteiger partial charge in [0.2, 0.25) is 0 Å². The molecule has 1 aromatic rings. The molecule has 0 aromatic heterocycles. The van der Waals surface area contributed by atoms with E-state index in [0.717, 1.165) is 12.2 Å². The average Bonchev–Trinajstić information content (AvgIpc) is 2.41. The molecule has 0 bridgehead atoms. The summed E-state index contributed by atoms with van der Waals surface area (Å²) in [6.07, 6.45) is 4.91. The third-order valence-corrected chi connectivity index (χ3v) is 3.90. The molecular weight excluding hydrogens is 224 g/mol. The van der Waals surface area contributed by atoms with Crippen molar-refractivity contribution in [3.63, 3.8) is 0 Å². The summed E-state index contributed by atoms with van der Waals surface area (Å²) in [5.41, 5.74) is 7.45. The minimum atomic E-state index is 0.305. The fraction of sp³-hybridized carbons (Fsp3) is 0.600. The number of nitrogens with one attached hydrogen (secondary N) is 1. The van der Waals surface area contributed by atoms with Gasteiger partial charge in [0.15, 0.2) is 0 Å². The molecule has 1 aliphatic rings. The predicted molar refractivity (Wildman–Crippen MR) is 74.8 cm³/mol. The van der Waals surface area contributed by atoms with Crippen LogP contribution in [-0.4, -0.2) is 19.2 Å². The van der Waals surface area contributed by atoms with Crippen molar-refractivity contribution >= 4 is 0 Å². The molecule has 0 saturated heterocycles. The van der Waals surface area contributed by atoms with Crippen LogP contribution in [0.25, 0.3) is 0 Å². The first kappa shape index (κ1) is 13.4. The van der Waals surface area contributed by atoms with Gasteiger partial charge in [0.05, 0.1) is 7.11 Å². The van der Waals surface area contributed by atoms with E-state index in [-0.39, 0.29) is 0 Å². The zero-order valence-electron chi connectivity index (χ0n) is 11.4. The maximum absolute atomic E-state index is 6.17. The second kappa shape index (κ2) is 6.21. The third-order valence-electron chi connectivity index (χ3n) is 3.90. The summed E-state index contributed by atoms with van der Waals surface area (Å²) < 4.78 is 5.18. The first-order valence-electron chi connectivity index (χ1n) is 6.86. The van der Waals surface area contributed by atoms with Crippen LogP contribution in [-0.2, 0) is 0 Å². The molecule has 1 aromatic carbocycles. The Morgan fingerprint density at radius 2 is 1.89 bits per heavy atom. The van der Waals surface area contributed by atoms with Crippen LogP contribution in [0.3, 0.4) is 0 Å². The summed E-state index contributed by atoms with van der Waals surface area (Å²) in [6.45, 7) is 2.20. The van der Waals surface area contributed by atoms with E-state index in [1.54, 1.807) is 7.11 Å². The summed E-state index contributed by atoms with van der Waals surface area (Å²) in [6, 6.07) is 9.35. The number of hydrogen-bond donors (Lipinski definition) is 2. The van der Waals surface area contributed by atoms with E-state index in [1.165, 1.54) is 24.8 Å². The highest BCUT2D eigenvalue weighted by molar-refractivity contribution is 5.28. The van der Waals surface area contributed by atoms with Crippen LogP contribution in [0.1, 0.15) is 44.2 Å². The zero-order chi connectivity index (χ0) is 13.0. The van der Waals surface area contributed by atoms with Crippen LogP contribution in [0, 0.1) is 0 Å². The Morgan fingerprint density at radius 3 is 2.50 bits per heavy atom. The molecule has 2 rings (SSSR count). The normalized spacial score (nSPS) is 25.7. The monoisotopic (exact) mass is 248 g/mol. The van der Waals surface area contributed by atoms with Gasteiger partial charge in [-0.25, -0.2) is 0 Å². The van der Waals surface area contributed by atoms with Gasteiger partial charge in [0, 0.05) is 18.1 Å². The molecule has 100 valence electrons. The lowest BCUT2D eigenvalue weighted by Gasteiger charge is -2.32. The highest BCUT2D eigenvalue weighted by Gasteiger charge is 2.23. The third kappa shape index (κ3) is 3.24. The van der Waals surface area contributed by atoms with Gasteiger partial charge in [-0.3, -0.25) is 0 Å². The molecule has 0 heterocycles. The fourth-order valence-electron chi connectivity index (χ4n) is 2.68. The smallest absolute Gasteiger partial charge is 0.118 e. The minimum Gasteiger partial charge on any atom is -0.497 e. The molecule has 0 radical (unpaired) electrons. The zero-order valence-corrected chi connectivity index (χ0v) is 11.4. The van der Waals surface area contributed by atoms with Crippen LogP contribution in [0.15, 0.2) is 24.3 Å². The quantitative estimate of drug-likeness (QED) is 0.861. The Bertz CT molecular complexity index is 363. The second-order valence-electron chi connectivity index (χ2n) is 5.22. The fourth-order valence-corrected chi connectivity index (χ4v) is 2.68. The number of ether oxygens (including phenoxy) is 1. The van der Waals surface area contributed by atoms with Crippen LogP contribution >= 0.6 is 0 Å². The molecule has 3 nitrogen and oxygen atoms in total. The van der Waals surface area contributed by atoms with E-state index < -0.39 is 0 Å². The van der Waals surface area contributed by atoms with Gasteiger partial charge in [-0.1, -0.05) is 25.0 Å². The first-order chi connectivity index (χ1) is 8.70. The molecule has 3 atom stereocenters.